The second kappa shape index (κ2) is 9.52. The van der Waals surface area contributed by atoms with Gasteiger partial charge in [-0.15, -0.1) is 0 Å². The van der Waals surface area contributed by atoms with Gasteiger partial charge in [0.1, 0.15) is 10.6 Å². The van der Waals surface area contributed by atoms with Gasteiger partial charge in [0.05, 0.1) is 12.8 Å². The van der Waals surface area contributed by atoms with Crippen LogP contribution in [0.4, 0.5) is 5.69 Å². The molecule has 1 amide bonds. The first-order valence-corrected chi connectivity index (χ1v) is 11.3. The van der Waals surface area contributed by atoms with Gasteiger partial charge in [0.25, 0.3) is 5.91 Å². The number of benzene rings is 3. The molecule has 0 aliphatic carbocycles. The molecule has 0 aromatic heterocycles. The summed E-state index contributed by atoms with van der Waals surface area (Å²) in [5, 5.41) is 3.02. The Bertz CT molecular complexity index is 1270. The van der Waals surface area contributed by atoms with E-state index in [0.29, 0.717) is 10.6 Å². The first-order chi connectivity index (χ1) is 15.1. The molecule has 0 aliphatic rings. The van der Waals surface area contributed by atoms with Crippen molar-refractivity contribution in [1.29, 1.82) is 0 Å². The highest BCUT2D eigenvalue weighted by Gasteiger charge is 2.24. The van der Waals surface area contributed by atoms with Crippen molar-refractivity contribution < 1.29 is 22.7 Å². The Morgan fingerprint density at radius 1 is 0.938 bits per heavy atom. The van der Waals surface area contributed by atoms with E-state index in [4.69, 9.17) is 16.3 Å². The SMILES string of the molecule is COc1ccc(C(=O)Nc2ccc(Cl)cc2C(=O)c2ccccc2)cc1S(=O)(=O)N(C)C. The van der Waals surface area contributed by atoms with Gasteiger partial charge in [-0.25, -0.2) is 12.7 Å². The number of sulfonamides is 1. The van der Waals surface area contributed by atoms with Crippen LogP contribution in [0.5, 0.6) is 5.75 Å². The van der Waals surface area contributed by atoms with Gasteiger partial charge in [0.15, 0.2) is 5.78 Å². The molecule has 0 saturated carbocycles. The molecular weight excluding hydrogens is 452 g/mol. The maximum absolute atomic E-state index is 13.0. The number of nitrogens with one attached hydrogen (secondary N) is 1. The topological polar surface area (TPSA) is 92.8 Å². The summed E-state index contributed by atoms with van der Waals surface area (Å²) in [7, 11) is 0.262. The first kappa shape index (κ1) is 23.5. The maximum atomic E-state index is 13.0. The molecule has 0 aliphatic heterocycles. The third-order valence-corrected chi connectivity index (χ3v) is 6.77. The predicted molar refractivity (Wildman–Crippen MR) is 123 cm³/mol. The summed E-state index contributed by atoms with van der Waals surface area (Å²) in [6, 6.07) is 17.2. The molecule has 3 rings (SSSR count). The van der Waals surface area contributed by atoms with Gasteiger partial charge in [-0.3, -0.25) is 9.59 Å². The number of hydrogen-bond donors (Lipinski definition) is 1. The predicted octanol–water partition coefficient (Wildman–Crippen LogP) is 4.08. The molecule has 9 heteroatoms. The van der Waals surface area contributed by atoms with Crippen LogP contribution in [0.25, 0.3) is 0 Å². The van der Waals surface area contributed by atoms with Crippen molar-refractivity contribution in [1.82, 2.24) is 4.31 Å². The van der Waals surface area contributed by atoms with E-state index in [0.717, 1.165) is 4.31 Å². The molecule has 32 heavy (non-hydrogen) atoms. The number of methoxy groups -OCH3 is 1. The Labute approximate surface area is 191 Å². The van der Waals surface area contributed by atoms with Crippen molar-refractivity contribution in [3.8, 4) is 5.75 Å². The lowest BCUT2D eigenvalue weighted by Gasteiger charge is -2.16. The van der Waals surface area contributed by atoms with E-state index in [9.17, 15) is 18.0 Å². The van der Waals surface area contributed by atoms with Crippen molar-refractivity contribution in [2.45, 2.75) is 4.90 Å². The van der Waals surface area contributed by atoms with Crippen LogP contribution in [-0.2, 0) is 10.0 Å². The quantitative estimate of drug-likeness (QED) is 0.523. The molecule has 0 atom stereocenters. The molecule has 0 radical (unpaired) electrons. The van der Waals surface area contributed by atoms with Crippen LogP contribution in [0.3, 0.4) is 0 Å². The van der Waals surface area contributed by atoms with Crippen molar-refractivity contribution in [3.63, 3.8) is 0 Å². The molecule has 0 fully saturated rings. The average Bonchev–Trinajstić information content (AvgIpc) is 2.79. The lowest BCUT2D eigenvalue weighted by molar-refractivity contribution is 0.102. The zero-order valence-corrected chi connectivity index (χ0v) is 19.2. The van der Waals surface area contributed by atoms with Crippen LogP contribution in [-0.4, -0.2) is 45.6 Å². The number of carbonyl (C=O) groups excluding carboxylic acids is 2. The summed E-state index contributed by atoms with van der Waals surface area (Å²) < 4.78 is 31.5. The summed E-state index contributed by atoms with van der Waals surface area (Å²) in [4.78, 5) is 25.8. The minimum absolute atomic E-state index is 0.0827. The third-order valence-electron chi connectivity index (χ3n) is 4.69. The summed E-state index contributed by atoms with van der Waals surface area (Å²) in [6.07, 6.45) is 0. The Kier molecular flexibility index (Phi) is 6.98. The van der Waals surface area contributed by atoms with Gasteiger partial charge in [-0.2, -0.15) is 0 Å². The van der Waals surface area contributed by atoms with Crippen LogP contribution < -0.4 is 10.1 Å². The molecule has 0 unspecified atom stereocenters. The number of anilines is 1. The molecule has 7 nitrogen and oxygen atoms in total. The first-order valence-electron chi connectivity index (χ1n) is 9.46. The summed E-state index contributed by atoms with van der Waals surface area (Å²) in [6.45, 7) is 0. The van der Waals surface area contributed by atoms with Crippen molar-refractivity contribution in [2.75, 3.05) is 26.5 Å². The number of amides is 1. The Hall–Kier alpha value is -3.20. The van der Waals surface area contributed by atoms with Gasteiger partial charge in [-0.05, 0) is 36.4 Å². The monoisotopic (exact) mass is 472 g/mol. The summed E-state index contributed by atoms with van der Waals surface area (Å²) in [5.74, 6) is -0.789. The molecule has 0 saturated heterocycles. The molecule has 3 aromatic rings. The van der Waals surface area contributed by atoms with Crippen molar-refractivity contribution >= 4 is 39.0 Å². The van der Waals surface area contributed by atoms with Crippen molar-refractivity contribution in [3.05, 3.63) is 88.4 Å². The van der Waals surface area contributed by atoms with Gasteiger partial charge in [0.2, 0.25) is 10.0 Å². The Morgan fingerprint density at radius 3 is 2.25 bits per heavy atom. The van der Waals surface area contributed by atoms with Gasteiger partial charge in [-0.1, -0.05) is 41.9 Å². The Balaban J connectivity index is 1.99. The van der Waals surface area contributed by atoms with Gasteiger partial charge < -0.3 is 10.1 Å². The normalized spacial score (nSPS) is 11.3. The van der Waals surface area contributed by atoms with E-state index >= 15 is 0 Å². The minimum Gasteiger partial charge on any atom is -0.495 e. The van der Waals surface area contributed by atoms with Gasteiger partial charge >= 0.3 is 0 Å². The van der Waals surface area contributed by atoms with Crippen LogP contribution in [0.1, 0.15) is 26.3 Å². The van der Waals surface area contributed by atoms with Crippen LogP contribution in [0.2, 0.25) is 5.02 Å². The fourth-order valence-corrected chi connectivity index (χ4v) is 4.22. The number of ether oxygens (including phenoxy) is 1. The standard InChI is InChI=1S/C23H21ClN2O5S/c1-26(2)32(29,30)21-13-16(9-12-20(21)31-3)23(28)25-19-11-10-17(24)14-18(19)22(27)15-7-5-4-6-8-15/h4-14H,1-3H3,(H,25,28). The molecule has 166 valence electrons. The van der Waals surface area contributed by atoms with Gasteiger partial charge in [0, 0.05) is 35.8 Å². The van der Waals surface area contributed by atoms with E-state index in [1.807, 2.05) is 0 Å². The molecule has 0 bridgehead atoms. The number of nitrogens with zero attached hydrogens (tertiary/aromatic N) is 1. The van der Waals surface area contributed by atoms with E-state index in [1.165, 1.54) is 51.5 Å². The number of carbonyl (C=O) groups is 2. The Morgan fingerprint density at radius 2 is 1.62 bits per heavy atom. The van der Waals surface area contributed by atoms with Crippen LogP contribution in [0, 0.1) is 0 Å². The lowest BCUT2D eigenvalue weighted by Crippen LogP contribution is -2.23. The molecule has 1 N–H and O–H groups in total. The van der Waals surface area contributed by atoms with E-state index in [-0.39, 0.29) is 33.2 Å². The highest BCUT2D eigenvalue weighted by Crippen LogP contribution is 2.28. The minimum atomic E-state index is -3.86. The highest BCUT2D eigenvalue weighted by molar-refractivity contribution is 7.89. The van der Waals surface area contributed by atoms with Crippen LogP contribution in [0.15, 0.2) is 71.6 Å². The number of halogens is 1. The number of rotatable bonds is 7. The van der Waals surface area contributed by atoms with Crippen molar-refractivity contribution in [2.24, 2.45) is 0 Å². The largest absolute Gasteiger partial charge is 0.495 e. The number of hydrogen-bond acceptors (Lipinski definition) is 5. The second-order valence-electron chi connectivity index (χ2n) is 6.99. The summed E-state index contributed by atoms with van der Waals surface area (Å²) in [5.41, 5.74) is 0.987. The highest BCUT2D eigenvalue weighted by atomic mass is 35.5. The fraction of sp³-hybridized carbons (Fsp3) is 0.130. The molecule has 0 heterocycles. The summed E-state index contributed by atoms with van der Waals surface area (Å²) >= 11 is 6.09. The van der Waals surface area contributed by atoms with E-state index in [1.54, 1.807) is 36.4 Å². The zero-order chi connectivity index (χ0) is 23.5. The second-order valence-corrected chi connectivity index (χ2v) is 9.55. The third kappa shape index (κ3) is 4.83. The van der Waals surface area contributed by atoms with Crippen LogP contribution >= 0.6 is 11.6 Å². The fourth-order valence-electron chi connectivity index (χ4n) is 2.97. The van der Waals surface area contributed by atoms with E-state index in [2.05, 4.69) is 5.32 Å². The smallest absolute Gasteiger partial charge is 0.255 e. The zero-order valence-electron chi connectivity index (χ0n) is 17.6. The maximum Gasteiger partial charge on any atom is 0.255 e. The lowest BCUT2D eigenvalue weighted by atomic mass is 10.0. The molecule has 0 spiro atoms. The molecular formula is C23H21ClN2O5S. The van der Waals surface area contributed by atoms with E-state index < -0.39 is 15.9 Å². The molecule has 3 aromatic carbocycles. The average molecular weight is 473 g/mol. The number of ketones is 1.